The molecule has 2 unspecified atom stereocenters. The van der Waals surface area contributed by atoms with Gasteiger partial charge in [0, 0.05) is 12.8 Å². The van der Waals surface area contributed by atoms with Crippen LogP contribution in [0.5, 0.6) is 0 Å². The molecule has 70 heavy (non-hydrogen) atoms. The number of amides is 1. The monoisotopic (exact) mass is 988 g/mol. The summed E-state index contributed by atoms with van der Waals surface area (Å²) in [5.41, 5.74) is 0. The Morgan fingerprint density at radius 3 is 0.971 bits per heavy atom. The molecule has 0 aromatic heterocycles. The number of carbonyl (C=O) groups excluding carboxylic acids is 2. The van der Waals surface area contributed by atoms with Gasteiger partial charge < -0.3 is 20.3 Å². The first-order chi connectivity index (χ1) is 34.5. The summed E-state index contributed by atoms with van der Waals surface area (Å²) in [5.74, 6) is -0.0522. The van der Waals surface area contributed by atoms with Crippen LogP contribution in [0.2, 0.25) is 0 Å². The van der Waals surface area contributed by atoms with E-state index in [1.807, 2.05) is 6.08 Å². The van der Waals surface area contributed by atoms with Gasteiger partial charge in [-0.25, -0.2) is 0 Å². The fourth-order valence-corrected chi connectivity index (χ4v) is 10.2. The average Bonchev–Trinajstić information content (AvgIpc) is 3.36. The second-order valence-corrected chi connectivity index (χ2v) is 22.1. The van der Waals surface area contributed by atoms with Crippen molar-refractivity contribution in [3.8, 4) is 0 Å². The van der Waals surface area contributed by atoms with Crippen LogP contribution in [0.25, 0.3) is 0 Å². The third-order valence-electron chi connectivity index (χ3n) is 15.1. The van der Waals surface area contributed by atoms with E-state index in [0.717, 1.165) is 38.5 Å². The maximum absolute atomic E-state index is 12.5. The third-order valence-corrected chi connectivity index (χ3v) is 15.1. The lowest BCUT2D eigenvalue weighted by Gasteiger charge is -2.20. The quantitative estimate of drug-likeness (QED) is 0.0321. The van der Waals surface area contributed by atoms with Crippen LogP contribution in [-0.4, -0.2) is 47.4 Å². The number of aliphatic hydroxyl groups is 2. The van der Waals surface area contributed by atoms with E-state index in [9.17, 15) is 19.8 Å². The van der Waals surface area contributed by atoms with E-state index in [-0.39, 0.29) is 18.5 Å². The first-order valence-electron chi connectivity index (χ1n) is 32.0. The minimum absolute atomic E-state index is 0.0129. The van der Waals surface area contributed by atoms with Gasteiger partial charge in [0.25, 0.3) is 0 Å². The van der Waals surface area contributed by atoms with Gasteiger partial charge in [-0.15, -0.1) is 0 Å². The summed E-state index contributed by atoms with van der Waals surface area (Å²) >= 11 is 0. The number of allylic oxidation sites excluding steroid dienone is 1. The molecule has 0 aromatic carbocycles. The number of aliphatic hydroxyl groups excluding tert-OH is 2. The average molecular weight is 989 g/mol. The van der Waals surface area contributed by atoms with E-state index in [2.05, 4.69) is 19.2 Å². The molecule has 0 spiro atoms. The minimum Gasteiger partial charge on any atom is -0.466 e. The fourth-order valence-electron chi connectivity index (χ4n) is 10.2. The number of nitrogens with one attached hydrogen (secondary N) is 1. The van der Waals surface area contributed by atoms with Crippen LogP contribution >= 0.6 is 0 Å². The molecule has 0 aliphatic heterocycles. The Morgan fingerprint density at radius 1 is 0.386 bits per heavy atom. The molecule has 0 saturated carbocycles. The Bertz CT molecular complexity index is 1050. The van der Waals surface area contributed by atoms with Crippen LogP contribution in [-0.2, 0) is 14.3 Å². The summed E-state index contributed by atoms with van der Waals surface area (Å²) in [6.45, 7) is 4.93. The minimum atomic E-state index is -0.845. The lowest BCUT2D eigenvalue weighted by Crippen LogP contribution is -2.45. The standard InChI is InChI=1S/C64H125NO5/c1-3-5-7-9-11-13-15-17-18-19-20-24-27-30-33-36-40-44-48-52-56-62(67)61(60-66)65-63(68)57-53-49-45-41-37-34-31-28-25-22-21-23-26-29-32-35-39-43-47-51-55-59-70-64(69)58-54-50-46-42-38-16-14-12-10-8-6-4-2/h52,56,61-62,66-67H,3-51,53-55,57-60H2,1-2H3,(H,65,68)/b56-52+. The molecule has 0 aliphatic rings. The molecule has 0 aliphatic carbocycles. The highest BCUT2D eigenvalue weighted by Gasteiger charge is 2.18. The first kappa shape index (κ1) is 68.6. The van der Waals surface area contributed by atoms with Gasteiger partial charge in [-0.1, -0.05) is 328 Å². The Labute approximate surface area is 438 Å². The molecule has 3 N–H and O–H groups in total. The molecular formula is C64H125NO5. The first-order valence-corrected chi connectivity index (χ1v) is 32.0. The van der Waals surface area contributed by atoms with Crippen molar-refractivity contribution in [1.82, 2.24) is 5.32 Å². The van der Waals surface area contributed by atoms with Gasteiger partial charge in [0.15, 0.2) is 0 Å². The molecule has 6 nitrogen and oxygen atoms in total. The van der Waals surface area contributed by atoms with E-state index in [0.29, 0.717) is 19.4 Å². The molecule has 0 saturated heterocycles. The second-order valence-electron chi connectivity index (χ2n) is 22.1. The molecule has 0 fully saturated rings. The van der Waals surface area contributed by atoms with Crippen molar-refractivity contribution in [2.24, 2.45) is 0 Å². The Balaban J connectivity index is 3.41. The smallest absolute Gasteiger partial charge is 0.305 e. The maximum Gasteiger partial charge on any atom is 0.305 e. The number of carbonyl (C=O) groups is 2. The number of rotatable bonds is 60. The number of hydrogen-bond donors (Lipinski definition) is 3. The lowest BCUT2D eigenvalue weighted by molar-refractivity contribution is -0.143. The van der Waals surface area contributed by atoms with E-state index in [1.165, 1.54) is 295 Å². The van der Waals surface area contributed by atoms with E-state index in [4.69, 9.17) is 4.74 Å². The second kappa shape index (κ2) is 60.2. The van der Waals surface area contributed by atoms with E-state index < -0.39 is 12.1 Å². The normalized spacial score (nSPS) is 12.6. The molecule has 2 atom stereocenters. The summed E-state index contributed by atoms with van der Waals surface area (Å²) < 4.78 is 5.48. The SMILES string of the molecule is CCCCCCCCCCCCCCCCCCCC/C=C/C(O)C(CO)NC(=O)CCCCCCCCCCCCCCCCCCCCCCCOC(=O)CCCCCCCCCCCCCC. The lowest BCUT2D eigenvalue weighted by atomic mass is 10.0. The van der Waals surface area contributed by atoms with Crippen molar-refractivity contribution in [1.29, 1.82) is 0 Å². The molecule has 0 heterocycles. The number of unbranched alkanes of at least 4 members (excludes halogenated alkanes) is 49. The maximum atomic E-state index is 12.5. The van der Waals surface area contributed by atoms with Crippen LogP contribution in [0, 0.1) is 0 Å². The Hall–Kier alpha value is -1.40. The Morgan fingerprint density at radius 2 is 0.657 bits per heavy atom. The summed E-state index contributed by atoms with van der Waals surface area (Å²) in [7, 11) is 0. The number of ether oxygens (including phenoxy) is 1. The summed E-state index contributed by atoms with van der Waals surface area (Å²) in [5, 5.41) is 23.2. The van der Waals surface area contributed by atoms with Crippen molar-refractivity contribution in [2.45, 2.75) is 373 Å². The van der Waals surface area contributed by atoms with Crippen molar-refractivity contribution in [3.05, 3.63) is 12.2 Å². The molecular weight excluding hydrogens is 863 g/mol. The van der Waals surface area contributed by atoms with Gasteiger partial charge in [-0.2, -0.15) is 0 Å². The van der Waals surface area contributed by atoms with Gasteiger partial charge in [0.1, 0.15) is 0 Å². The summed E-state index contributed by atoms with van der Waals surface area (Å²) in [6.07, 6.45) is 72.5. The van der Waals surface area contributed by atoms with Crippen molar-refractivity contribution in [2.75, 3.05) is 13.2 Å². The largest absolute Gasteiger partial charge is 0.466 e. The summed E-state index contributed by atoms with van der Waals surface area (Å²) in [4.78, 5) is 24.5. The molecule has 6 heteroatoms. The molecule has 1 amide bonds. The highest BCUT2D eigenvalue weighted by molar-refractivity contribution is 5.76. The van der Waals surface area contributed by atoms with Crippen LogP contribution < -0.4 is 5.32 Å². The number of esters is 1. The third kappa shape index (κ3) is 55.9. The molecule has 0 radical (unpaired) electrons. The van der Waals surface area contributed by atoms with E-state index >= 15 is 0 Å². The zero-order chi connectivity index (χ0) is 50.7. The molecule has 416 valence electrons. The Kier molecular flexibility index (Phi) is 59.0. The van der Waals surface area contributed by atoms with Crippen molar-refractivity contribution < 1.29 is 24.5 Å². The summed E-state index contributed by atoms with van der Waals surface area (Å²) in [6, 6.07) is -0.628. The topological polar surface area (TPSA) is 95.9 Å². The zero-order valence-electron chi connectivity index (χ0n) is 47.5. The molecule has 0 rings (SSSR count). The van der Waals surface area contributed by atoms with Gasteiger partial charge in [-0.3, -0.25) is 9.59 Å². The predicted molar refractivity (Wildman–Crippen MR) is 306 cm³/mol. The zero-order valence-corrected chi connectivity index (χ0v) is 47.5. The van der Waals surface area contributed by atoms with Crippen LogP contribution in [0.4, 0.5) is 0 Å². The van der Waals surface area contributed by atoms with Crippen LogP contribution in [0.3, 0.4) is 0 Å². The van der Waals surface area contributed by atoms with Crippen LogP contribution in [0.1, 0.15) is 361 Å². The van der Waals surface area contributed by atoms with Crippen molar-refractivity contribution in [3.63, 3.8) is 0 Å². The van der Waals surface area contributed by atoms with Gasteiger partial charge in [-0.05, 0) is 32.1 Å². The van der Waals surface area contributed by atoms with Gasteiger partial charge in [0.2, 0.25) is 5.91 Å². The van der Waals surface area contributed by atoms with Gasteiger partial charge in [0.05, 0.1) is 25.4 Å². The fraction of sp³-hybridized carbons (Fsp3) is 0.938. The molecule has 0 bridgehead atoms. The highest BCUT2D eigenvalue weighted by atomic mass is 16.5. The predicted octanol–water partition coefficient (Wildman–Crippen LogP) is 20.0. The number of hydrogen-bond acceptors (Lipinski definition) is 5. The van der Waals surface area contributed by atoms with Crippen molar-refractivity contribution >= 4 is 11.9 Å². The van der Waals surface area contributed by atoms with Crippen LogP contribution in [0.15, 0.2) is 12.2 Å². The van der Waals surface area contributed by atoms with Gasteiger partial charge >= 0.3 is 5.97 Å². The molecule has 0 aromatic rings. The highest BCUT2D eigenvalue weighted by Crippen LogP contribution is 2.18. The van der Waals surface area contributed by atoms with E-state index in [1.54, 1.807) is 6.08 Å².